The minimum Gasteiger partial charge on any atom is -0.378 e. The molecule has 0 amide bonds. The first-order valence-corrected chi connectivity index (χ1v) is 9.43. The summed E-state index contributed by atoms with van der Waals surface area (Å²) in [6, 6.07) is 7.11. The Labute approximate surface area is 152 Å². The number of rotatable bonds is 3. The van der Waals surface area contributed by atoms with Crippen LogP contribution in [0.4, 0.5) is 5.69 Å². The summed E-state index contributed by atoms with van der Waals surface area (Å²) in [5, 5.41) is 3.80. The summed E-state index contributed by atoms with van der Waals surface area (Å²) in [4.78, 5) is 0. The standard InChI is InChI=1S/C23H31NO/c1-6-9-16(10-7-2)21-18-11-8-14-25-22(18)19-15-17(23(3,4)5)12-13-20(19)24-21/h6-7,9-10,12-13,15,18,21-22,24H,1,8,11,14H2,2-5H3/b10-7-,16-9+/t18?,21-,22?/m0/s1. The molecule has 2 nitrogen and oxygen atoms in total. The predicted molar refractivity (Wildman–Crippen MR) is 107 cm³/mol. The van der Waals surface area contributed by atoms with Crippen molar-refractivity contribution in [1.82, 2.24) is 0 Å². The van der Waals surface area contributed by atoms with Gasteiger partial charge in [0.2, 0.25) is 0 Å². The molecule has 0 bridgehead atoms. The summed E-state index contributed by atoms with van der Waals surface area (Å²) in [6.07, 6.45) is 10.8. The maximum absolute atomic E-state index is 6.30. The summed E-state index contributed by atoms with van der Waals surface area (Å²) in [6.45, 7) is 13.6. The van der Waals surface area contributed by atoms with Crippen LogP contribution >= 0.6 is 0 Å². The molecule has 0 spiro atoms. The molecule has 3 rings (SSSR count). The molecule has 0 aliphatic carbocycles. The molecule has 2 heterocycles. The molecule has 1 fully saturated rings. The van der Waals surface area contributed by atoms with Crippen molar-refractivity contribution in [3.63, 3.8) is 0 Å². The molecule has 2 aliphatic heterocycles. The quantitative estimate of drug-likeness (QED) is 0.690. The maximum Gasteiger partial charge on any atom is 0.0895 e. The van der Waals surface area contributed by atoms with Gasteiger partial charge in [-0.3, -0.25) is 0 Å². The van der Waals surface area contributed by atoms with Crippen molar-refractivity contribution in [3.8, 4) is 0 Å². The Bertz CT molecular complexity index is 693. The van der Waals surface area contributed by atoms with Crippen LogP contribution in [0.1, 0.15) is 57.8 Å². The highest BCUT2D eigenvalue weighted by atomic mass is 16.5. The van der Waals surface area contributed by atoms with E-state index in [-0.39, 0.29) is 17.6 Å². The Morgan fingerprint density at radius 2 is 2.12 bits per heavy atom. The summed E-state index contributed by atoms with van der Waals surface area (Å²) < 4.78 is 6.30. The largest absolute Gasteiger partial charge is 0.378 e. The molecule has 1 N–H and O–H groups in total. The van der Waals surface area contributed by atoms with Crippen molar-refractivity contribution >= 4 is 5.69 Å². The molecule has 2 heteroatoms. The summed E-state index contributed by atoms with van der Waals surface area (Å²) in [7, 11) is 0. The van der Waals surface area contributed by atoms with Gasteiger partial charge < -0.3 is 10.1 Å². The Kier molecular flexibility index (Phi) is 5.19. The highest BCUT2D eigenvalue weighted by Crippen LogP contribution is 2.46. The molecule has 3 atom stereocenters. The minimum absolute atomic E-state index is 0.148. The maximum atomic E-state index is 6.30. The Morgan fingerprint density at radius 3 is 2.80 bits per heavy atom. The molecule has 1 saturated heterocycles. The second-order valence-corrected chi connectivity index (χ2v) is 8.17. The first kappa shape index (κ1) is 18.0. The van der Waals surface area contributed by atoms with E-state index in [1.807, 2.05) is 6.08 Å². The monoisotopic (exact) mass is 337 g/mol. The van der Waals surface area contributed by atoms with Crippen molar-refractivity contribution < 1.29 is 4.74 Å². The van der Waals surface area contributed by atoms with E-state index in [1.54, 1.807) is 0 Å². The van der Waals surface area contributed by atoms with Gasteiger partial charge in [0.1, 0.15) is 0 Å². The number of allylic oxidation sites excluding steroid dienone is 3. The Hall–Kier alpha value is -1.80. The third-order valence-corrected chi connectivity index (χ3v) is 5.36. The molecule has 25 heavy (non-hydrogen) atoms. The summed E-state index contributed by atoms with van der Waals surface area (Å²) >= 11 is 0. The Balaban J connectivity index is 2.05. The first-order chi connectivity index (χ1) is 12.0. The van der Waals surface area contributed by atoms with E-state index in [9.17, 15) is 0 Å². The van der Waals surface area contributed by atoms with Crippen LogP contribution in [0.25, 0.3) is 0 Å². The van der Waals surface area contributed by atoms with Crippen LogP contribution in [-0.2, 0) is 10.2 Å². The van der Waals surface area contributed by atoms with Crippen molar-refractivity contribution in [2.24, 2.45) is 5.92 Å². The van der Waals surface area contributed by atoms with Gasteiger partial charge in [0.05, 0.1) is 12.1 Å². The molecule has 134 valence electrons. The van der Waals surface area contributed by atoms with Gasteiger partial charge in [0.15, 0.2) is 0 Å². The fourth-order valence-electron chi connectivity index (χ4n) is 4.06. The molecule has 1 aromatic rings. The van der Waals surface area contributed by atoms with Crippen molar-refractivity contribution in [2.45, 2.75) is 58.1 Å². The van der Waals surface area contributed by atoms with Gasteiger partial charge in [-0.1, -0.05) is 63.8 Å². The topological polar surface area (TPSA) is 21.3 Å². The van der Waals surface area contributed by atoms with Gasteiger partial charge in [0, 0.05) is 23.8 Å². The molecular formula is C23H31NO. The Morgan fingerprint density at radius 1 is 1.32 bits per heavy atom. The SMILES string of the molecule is C=C/C=C(\C=C/C)[C@@H]1Nc2ccc(C(C)(C)C)cc2C2OCCCC21. The highest BCUT2D eigenvalue weighted by Gasteiger charge is 2.40. The third kappa shape index (κ3) is 3.59. The molecule has 0 radical (unpaired) electrons. The van der Waals surface area contributed by atoms with E-state index in [0.717, 1.165) is 13.0 Å². The van der Waals surface area contributed by atoms with E-state index in [0.29, 0.717) is 5.92 Å². The lowest BCUT2D eigenvalue weighted by Gasteiger charge is -2.44. The van der Waals surface area contributed by atoms with Crippen LogP contribution in [0, 0.1) is 5.92 Å². The molecule has 0 saturated carbocycles. The van der Waals surface area contributed by atoms with Gasteiger partial charge in [-0.05, 0) is 42.4 Å². The van der Waals surface area contributed by atoms with E-state index in [1.165, 1.54) is 28.8 Å². The lowest BCUT2D eigenvalue weighted by atomic mass is 9.75. The highest BCUT2D eigenvalue weighted by molar-refractivity contribution is 5.60. The van der Waals surface area contributed by atoms with Crippen molar-refractivity contribution in [2.75, 3.05) is 11.9 Å². The second kappa shape index (κ2) is 7.21. The average molecular weight is 338 g/mol. The van der Waals surface area contributed by atoms with Crippen LogP contribution in [0.3, 0.4) is 0 Å². The summed E-state index contributed by atoms with van der Waals surface area (Å²) in [5.41, 5.74) is 5.33. The third-order valence-electron chi connectivity index (χ3n) is 5.36. The van der Waals surface area contributed by atoms with Gasteiger partial charge in [-0.2, -0.15) is 0 Å². The zero-order valence-corrected chi connectivity index (χ0v) is 16.0. The summed E-state index contributed by atoms with van der Waals surface area (Å²) in [5.74, 6) is 0.457. The zero-order valence-electron chi connectivity index (χ0n) is 16.0. The number of nitrogens with one attached hydrogen (secondary N) is 1. The number of anilines is 1. The zero-order chi connectivity index (χ0) is 18.0. The minimum atomic E-state index is 0.148. The van der Waals surface area contributed by atoms with Crippen molar-refractivity contribution in [1.29, 1.82) is 0 Å². The number of fused-ring (bicyclic) bond motifs is 3. The second-order valence-electron chi connectivity index (χ2n) is 8.17. The fraction of sp³-hybridized carbons (Fsp3) is 0.478. The van der Waals surface area contributed by atoms with E-state index in [4.69, 9.17) is 4.74 Å². The number of hydrogen-bond donors (Lipinski definition) is 1. The average Bonchev–Trinajstić information content (AvgIpc) is 2.59. The van der Waals surface area contributed by atoms with E-state index in [2.05, 4.69) is 76.0 Å². The van der Waals surface area contributed by atoms with Gasteiger partial charge >= 0.3 is 0 Å². The number of hydrogen-bond acceptors (Lipinski definition) is 2. The fourth-order valence-corrected chi connectivity index (χ4v) is 4.06. The van der Waals surface area contributed by atoms with Crippen LogP contribution in [0.2, 0.25) is 0 Å². The predicted octanol–water partition coefficient (Wildman–Crippen LogP) is 5.93. The molecule has 0 aromatic heterocycles. The van der Waals surface area contributed by atoms with Crippen LogP contribution < -0.4 is 5.32 Å². The number of ether oxygens (including phenoxy) is 1. The van der Waals surface area contributed by atoms with Crippen LogP contribution in [-0.4, -0.2) is 12.6 Å². The molecule has 2 aliphatic rings. The lowest BCUT2D eigenvalue weighted by Crippen LogP contribution is -2.42. The van der Waals surface area contributed by atoms with Crippen LogP contribution in [0.5, 0.6) is 0 Å². The first-order valence-electron chi connectivity index (χ1n) is 9.43. The molecule has 2 unspecified atom stereocenters. The van der Waals surface area contributed by atoms with Gasteiger partial charge in [0.25, 0.3) is 0 Å². The van der Waals surface area contributed by atoms with E-state index >= 15 is 0 Å². The van der Waals surface area contributed by atoms with E-state index < -0.39 is 0 Å². The van der Waals surface area contributed by atoms with Crippen molar-refractivity contribution in [3.05, 3.63) is 65.8 Å². The van der Waals surface area contributed by atoms with Gasteiger partial charge in [-0.25, -0.2) is 0 Å². The van der Waals surface area contributed by atoms with Crippen LogP contribution in [0.15, 0.2) is 54.7 Å². The lowest BCUT2D eigenvalue weighted by molar-refractivity contribution is -0.0339. The molecule has 1 aromatic carbocycles. The van der Waals surface area contributed by atoms with Gasteiger partial charge in [-0.15, -0.1) is 0 Å². The normalized spacial score (nSPS) is 26.7. The smallest absolute Gasteiger partial charge is 0.0895 e. The molecular weight excluding hydrogens is 306 g/mol. The number of benzene rings is 1.